The van der Waals surface area contributed by atoms with Crippen LogP contribution in [0.2, 0.25) is 0 Å². The summed E-state index contributed by atoms with van der Waals surface area (Å²) in [6.45, 7) is 0.548. The summed E-state index contributed by atoms with van der Waals surface area (Å²) in [5, 5.41) is 7.02. The topological polar surface area (TPSA) is 78.5 Å². The number of carbonyl (C=O) groups excluding carboxylic acids is 2. The zero-order valence-corrected chi connectivity index (χ0v) is 14.0. The predicted molar refractivity (Wildman–Crippen MR) is 91.0 cm³/mol. The Morgan fingerprint density at radius 1 is 1.32 bits per heavy atom. The van der Waals surface area contributed by atoms with Crippen molar-refractivity contribution >= 4 is 17.5 Å². The van der Waals surface area contributed by atoms with Crippen molar-refractivity contribution in [2.75, 3.05) is 25.1 Å². The number of anilines is 1. The van der Waals surface area contributed by atoms with Crippen LogP contribution >= 0.6 is 0 Å². The smallest absolute Gasteiger partial charge is 0.258 e. The van der Waals surface area contributed by atoms with Gasteiger partial charge in [0.25, 0.3) is 5.91 Å². The number of nitrogens with zero attached hydrogens (tertiary/aromatic N) is 3. The number of likely N-dealkylation sites (N-methyl/N-ethyl adjacent to an activating group) is 1. The van der Waals surface area contributed by atoms with Gasteiger partial charge in [0.15, 0.2) is 6.10 Å². The lowest BCUT2D eigenvalue weighted by Crippen LogP contribution is -2.54. The maximum absolute atomic E-state index is 13.3. The van der Waals surface area contributed by atoms with Gasteiger partial charge < -0.3 is 14.5 Å². The summed E-state index contributed by atoms with van der Waals surface area (Å²) in [4.78, 5) is 28.8. The van der Waals surface area contributed by atoms with Gasteiger partial charge >= 0.3 is 0 Å². The first kappa shape index (κ1) is 15.8. The Labute approximate surface area is 145 Å². The Hall–Kier alpha value is -2.67. The lowest BCUT2D eigenvalue weighted by atomic mass is 9.96. The third kappa shape index (κ3) is 2.70. The first-order valence-electron chi connectivity index (χ1n) is 8.42. The largest absolute Gasteiger partial charge is 0.356 e. The zero-order chi connectivity index (χ0) is 17.4. The lowest BCUT2D eigenvalue weighted by Gasteiger charge is -2.40. The highest BCUT2D eigenvalue weighted by atomic mass is 16.5. The fraction of sp³-hybridized carbons (Fsp3) is 0.389. The molecule has 2 aliphatic rings. The van der Waals surface area contributed by atoms with E-state index < -0.39 is 12.1 Å². The highest BCUT2D eigenvalue weighted by Crippen LogP contribution is 2.33. The van der Waals surface area contributed by atoms with Gasteiger partial charge in [0, 0.05) is 13.6 Å². The van der Waals surface area contributed by atoms with Crippen molar-refractivity contribution in [2.45, 2.75) is 25.0 Å². The van der Waals surface area contributed by atoms with E-state index in [4.69, 9.17) is 4.74 Å². The van der Waals surface area contributed by atoms with E-state index in [1.807, 2.05) is 30.3 Å². The van der Waals surface area contributed by atoms with E-state index in [1.165, 1.54) is 0 Å². The highest BCUT2D eigenvalue weighted by molar-refractivity contribution is 5.99. The molecule has 25 heavy (non-hydrogen) atoms. The minimum absolute atomic E-state index is 0.0810. The maximum atomic E-state index is 13.3. The highest BCUT2D eigenvalue weighted by Gasteiger charge is 2.42. The van der Waals surface area contributed by atoms with Crippen molar-refractivity contribution in [3.8, 4) is 0 Å². The molecule has 2 atom stereocenters. The van der Waals surface area contributed by atoms with Crippen molar-refractivity contribution in [1.82, 2.24) is 15.1 Å². The number of carbonyl (C=O) groups is 2. The summed E-state index contributed by atoms with van der Waals surface area (Å²) >= 11 is 0. The number of nitrogens with one attached hydrogen (secondary N) is 1. The lowest BCUT2D eigenvalue weighted by molar-refractivity contribution is -0.161. The molecule has 2 aromatic rings. The van der Waals surface area contributed by atoms with Crippen LogP contribution in [-0.2, 0) is 20.7 Å². The number of hydrogen-bond acceptors (Lipinski definition) is 4. The fourth-order valence-corrected chi connectivity index (χ4v) is 3.61. The number of benzene rings is 1. The van der Waals surface area contributed by atoms with Crippen LogP contribution in [0, 0.1) is 0 Å². The van der Waals surface area contributed by atoms with E-state index in [9.17, 15) is 9.59 Å². The van der Waals surface area contributed by atoms with E-state index in [-0.39, 0.29) is 18.4 Å². The van der Waals surface area contributed by atoms with E-state index in [0.717, 1.165) is 29.8 Å². The molecule has 0 spiro atoms. The normalized spacial score (nSPS) is 23.5. The molecule has 0 aliphatic carbocycles. The molecule has 1 aromatic carbocycles. The Morgan fingerprint density at radius 3 is 2.92 bits per heavy atom. The van der Waals surface area contributed by atoms with E-state index in [0.29, 0.717) is 6.54 Å². The fourth-order valence-electron chi connectivity index (χ4n) is 3.61. The molecule has 2 amide bonds. The second kappa shape index (κ2) is 6.33. The summed E-state index contributed by atoms with van der Waals surface area (Å²) in [6.07, 6.45) is 2.71. The molecule has 1 saturated heterocycles. The first-order valence-corrected chi connectivity index (χ1v) is 8.42. The van der Waals surface area contributed by atoms with Gasteiger partial charge in [-0.25, -0.2) is 0 Å². The zero-order valence-electron chi connectivity index (χ0n) is 14.0. The maximum Gasteiger partial charge on any atom is 0.258 e. The van der Waals surface area contributed by atoms with Gasteiger partial charge in [0.05, 0.1) is 23.6 Å². The summed E-state index contributed by atoms with van der Waals surface area (Å²) in [5.41, 5.74) is 2.67. The van der Waals surface area contributed by atoms with E-state index in [1.54, 1.807) is 23.0 Å². The van der Waals surface area contributed by atoms with Gasteiger partial charge in [-0.1, -0.05) is 30.3 Å². The van der Waals surface area contributed by atoms with Crippen LogP contribution in [0.4, 0.5) is 5.69 Å². The minimum Gasteiger partial charge on any atom is -0.356 e. The molecule has 0 bridgehead atoms. The van der Waals surface area contributed by atoms with Crippen LogP contribution in [0.5, 0.6) is 0 Å². The molecule has 7 nitrogen and oxygen atoms in total. The van der Waals surface area contributed by atoms with Crippen molar-refractivity contribution in [2.24, 2.45) is 0 Å². The molecule has 130 valence electrons. The van der Waals surface area contributed by atoms with Crippen LogP contribution in [0.1, 0.15) is 23.7 Å². The second-order valence-electron chi connectivity index (χ2n) is 6.42. The third-order valence-electron chi connectivity index (χ3n) is 4.93. The molecule has 0 radical (unpaired) electrons. The van der Waals surface area contributed by atoms with Gasteiger partial charge in [-0.15, -0.1) is 0 Å². The molecule has 7 heteroatoms. The van der Waals surface area contributed by atoms with Crippen molar-refractivity contribution < 1.29 is 14.3 Å². The Morgan fingerprint density at radius 2 is 2.12 bits per heavy atom. The molecule has 1 N–H and O–H groups in total. The number of amides is 2. The molecule has 2 aliphatic heterocycles. The molecule has 4 rings (SSSR count). The molecule has 3 heterocycles. The number of rotatable bonds is 2. The van der Waals surface area contributed by atoms with Crippen LogP contribution in [0.25, 0.3) is 0 Å². The summed E-state index contributed by atoms with van der Waals surface area (Å²) in [7, 11) is 1.72. The number of fused-ring (bicyclic) bond motifs is 1. The number of aryl methyl sites for hydroxylation is 1. The molecule has 2 unspecified atom stereocenters. The molecule has 1 fully saturated rings. The van der Waals surface area contributed by atoms with Crippen molar-refractivity contribution in [3.05, 3.63) is 47.8 Å². The third-order valence-corrected chi connectivity index (χ3v) is 4.93. The van der Waals surface area contributed by atoms with Gasteiger partial charge in [0.1, 0.15) is 6.61 Å². The van der Waals surface area contributed by atoms with Crippen molar-refractivity contribution in [3.63, 3.8) is 0 Å². The summed E-state index contributed by atoms with van der Waals surface area (Å²) in [5.74, 6) is -0.254. The van der Waals surface area contributed by atoms with Gasteiger partial charge in [0.2, 0.25) is 5.91 Å². The average molecular weight is 340 g/mol. The predicted octanol–water partition coefficient (Wildman–Crippen LogP) is 1.29. The Bertz CT molecular complexity index is 789. The van der Waals surface area contributed by atoms with E-state index >= 15 is 0 Å². The van der Waals surface area contributed by atoms with Crippen molar-refractivity contribution in [1.29, 1.82) is 0 Å². The van der Waals surface area contributed by atoms with Crippen LogP contribution in [0.3, 0.4) is 0 Å². The number of H-pyrrole nitrogens is 1. The minimum atomic E-state index is -0.731. The first-order chi connectivity index (χ1) is 12.2. The SMILES string of the molecule is CN1C(=O)COC(C(=O)N2CCCc3[nH]ncc32)C1c1ccccc1. The molecule has 1 aromatic heterocycles. The van der Waals surface area contributed by atoms with Gasteiger partial charge in [-0.2, -0.15) is 5.10 Å². The number of ether oxygens (including phenoxy) is 1. The summed E-state index contributed by atoms with van der Waals surface area (Å²) in [6, 6.07) is 9.12. The van der Waals surface area contributed by atoms with Crippen LogP contribution in [-0.4, -0.2) is 53.2 Å². The monoisotopic (exact) mass is 340 g/mol. The molecule has 0 saturated carbocycles. The van der Waals surface area contributed by atoms with Gasteiger partial charge in [-0.05, 0) is 18.4 Å². The van der Waals surface area contributed by atoms with Gasteiger partial charge in [-0.3, -0.25) is 14.7 Å². The molecular weight excluding hydrogens is 320 g/mol. The average Bonchev–Trinajstić information content (AvgIpc) is 3.12. The van der Waals surface area contributed by atoms with Crippen LogP contribution < -0.4 is 4.90 Å². The standard InChI is InChI=1S/C18H20N4O3/c1-21-15(23)11-25-17(16(21)12-6-3-2-4-7-12)18(24)22-9-5-8-13-14(22)10-19-20-13/h2-4,6-7,10,16-17H,5,8-9,11H2,1H3,(H,19,20). The van der Waals surface area contributed by atoms with Crippen LogP contribution in [0.15, 0.2) is 36.5 Å². The number of hydrogen-bond donors (Lipinski definition) is 1. The number of aromatic amines is 1. The Balaban J connectivity index is 1.68. The quantitative estimate of drug-likeness (QED) is 0.893. The van der Waals surface area contributed by atoms with E-state index in [2.05, 4.69) is 10.2 Å². The number of aromatic nitrogens is 2. The second-order valence-corrected chi connectivity index (χ2v) is 6.42. The number of morpholine rings is 1. The molecular formula is C18H20N4O3. The summed E-state index contributed by atoms with van der Waals surface area (Å²) < 4.78 is 5.72. The Kier molecular flexibility index (Phi) is 4.01.